The molecule has 0 unspecified atom stereocenters. The molecule has 0 radical (unpaired) electrons. The topological polar surface area (TPSA) is 96.2 Å². The molecule has 0 aliphatic carbocycles. The number of ketones is 1. The van der Waals surface area contributed by atoms with Gasteiger partial charge in [0.1, 0.15) is 5.84 Å². The zero-order valence-electron chi connectivity index (χ0n) is 18.8. The number of aliphatic imine (C=N–C) groups is 1. The number of aromatic nitrogens is 1. The van der Waals surface area contributed by atoms with Gasteiger partial charge < -0.3 is 15.1 Å². The lowest BCUT2D eigenvalue weighted by Gasteiger charge is -2.27. The molecule has 0 saturated heterocycles. The van der Waals surface area contributed by atoms with Gasteiger partial charge in [-0.1, -0.05) is 17.3 Å². The van der Waals surface area contributed by atoms with Gasteiger partial charge >= 0.3 is 0 Å². The molecule has 8 heteroatoms. The van der Waals surface area contributed by atoms with Crippen LogP contribution in [-0.4, -0.2) is 52.3 Å². The number of likely N-dealkylation sites (N-methyl/N-ethyl adjacent to an activating group) is 1. The Kier molecular flexibility index (Phi) is 5.38. The normalized spacial score (nSPS) is 17.3. The lowest BCUT2D eigenvalue weighted by molar-refractivity contribution is -0.128. The van der Waals surface area contributed by atoms with E-state index in [1.165, 1.54) is 0 Å². The van der Waals surface area contributed by atoms with E-state index in [-0.39, 0.29) is 11.7 Å². The van der Waals surface area contributed by atoms with Gasteiger partial charge in [-0.15, -0.1) is 0 Å². The molecule has 1 N–H and O–H groups in total. The summed E-state index contributed by atoms with van der Waals surface area (Å²) in [5.74, 6) is 0.146. The van der Waals surface area contributed by atoms with Gasteiger partial charge in [-0.05, 0) is 51.5 Å². The molecule has 4 rings (SSSR count). The first-order valence-corrected chi connectivity index (χ1v) is 10.3. The van der Waals surface area contributed by atoms with Crippen molar-refractivity contribution >= 4 is 28.9 Å². The third-order valence-electron chi connectivity index (χ3n) is 5.49. The number of pyridine rings is 1. The fraction of sp³-hybridized carbons (Fsp3) is 0.292. The van der Waals surface area contributed by atoms with Crippen molar-refractivity contribution in [1.82, 2.24) is 15.2 Å². The van der Waals surface area contributed by atoms with Crippen LogP contribution < -0.4 is 5.32 Å². The van der Waals surface area contributed by atoms with E-state index in [4.69, 9.17) is 4.84 Å². The number of benzene rings is 1. The number of nitrogens with one attached hydrogen (secondary N) is 1. The van der Waals surface area contributed by atoms with Crippen LogP contribution in [0.3, 0.4) is 0 Å². The first-order chi connectivity index (χ1) is 15.2. The average Bonchev–Trinajstić information content (AvgIpc) is 3.02. The molecule has 0 fully saturated rings. The Morgan fingerprint density at radius 1 is 1.19 bits per heavy atom. The molecule has 1 aromatic heterocycles. The fourth-order valence-electron chi connectivity index (χ4n) is 3.50. The van der Waals surface area contributed by atoms with Crippen molar-refractivity contribution in [2.24, 2.45) is 10.1 Å². The number of hydrogen-bond acceptors (Lipinski definition) is 7. The van der Waals surface area contributed by atoms with Gasteiger partial charge in [0.15, 0.2) is 11.3 Å². The second-order valence-electron chi connectivity index (χ2n) is 8.49. The number of oxime groups is 1. The summed E-state index contributed by atoms with van der Waals surface area (Å²) >= 11 is 0. The van der Waals surface area contributed by atoms with Gasteiger partial charge in [-0.3, -0.25) is 14.6 Å². The van der Waals surface area contributed by atoms with Crippen molar-refractivity contribution in [2.45, 2.75) is 33.3 Å². The lowest BCUT2D eigenvalue weighted by Crippen LogP contribution is -2.40. The molecule has 3 heterocycles. The van der Waals surface area contributed by atoms with Crippen LogP contribution in [0.5, 0.6) is 0 Å². The summed E-state index contributed by atoms with van der Waals surface area (Å²) in [7, 11) is 1.93. The van der Waals surface area contributed by atoms with E-state index in [0.717, 1.165) is 22.5 Å². The maximum Gasteiger partial charge on any atom is 0.258 e. The summed E-state index contributed by atoms with van der Waals surface area (Å²) in [6, 6.07) is 9.28. The molecule has 32 heavy (non-hydrogen) atoms. The quantitative estimate of drug-likeness (QED) is 0.806. The van der Waals surface area contributed by atoms with E-state index in [1.54, 1.807) is 38.4 Å². The first-order valence-electron chi connectivity index (χ1n) is 10.3. The molecule has 0 spiro atoms. The van der Waals surface area contributed by atoms with Gasteiger partial charge in [-0.25, -0.2) is 4.99 Å². The molecule has 2 aliphatic heterocycles. The second-order valence-corrected chi connectivity index (χ2v) is 8.49. The van der Waals surface area contributed by atoms with Gasteiger partial charge in [0.2, 0.25) is 5.78 Å². The highest BCUT2D eigenvalue weighted by Gasteiger charge is 2.40. The number of carbonyl (C=O) groups is 2. The fourth-order valence-corrected chi connectivity index (χ4v) is 3.50. The molecule has 2 aromatic rings. The van der Waals surface area contributed by atoms with Crippen molar-refractivity contribution in [2.75, 3.05) is 13.6 Å². The Labute approximate surface area is 186 Å². The summed E-state index contributed by atoms with van der Waals surface area (Å²) < 4.78 is 0. The number of carbonyl (C=O) groups excluding carboxylic acids is 2. The van der Waals surface area contributed by atoms with E-state index < -0.39 is 5.60 Å². The maximum atomic E-state index is 12.6. The number of aryl methyl sites for hydroxylation is 2. The summed E-state index contributed by atoms with van der Waals surface area (Å²) in [5, 5.41) is 6.85. The molecule has 1 aromatic carbocycles. The number of rotatable bonds is 3. The minimum Gasteiger partial charge on any atom is -0.381 e. The Morgan fingerprint density at radius 2 is 1.97 bits per heavy atom. The number of hydrogen-bond donors (Lipinski definition) is 1. The van der Waals surface area contributed by atoms with Gasteiger partial charge in [0, 0.05) is 30.1 Å². The average molecular weight is 431 g/mol. The van der Waals surface area contributed by atoms with Crippen molar-refractivity contribution in [1.29, 1.82) is 0 Å². The highest BCUT2D eigenvalue weighted by atomic mass is 16.7. The summed E-state index contributed by atoms with van der Waals surface area (Å²) in [5.41, 5.74) is 4.24. The second kappa shape index (κ2) is 8.03. The number of amides is 1. The monoisotopic (exact) mass is 431 g/mol. The predicted molar refractivity (Wildman–Crippen MR) is 122 cm³/mol. The van der Waals surface area contributed by atoms with Crippen molar-refractivity contribution in [3.8, 4) is 0 Å². The Hall–Kier alpha value is -3.81. The summed E-state index contributed by atoms with van der Waals surface area (Å²) in [4.78, 5) is 41.0. The molecule has 0 atom stereocenters. The molecule has 2 aliphatic rings. The zero-order chi connectivity index (χ0) is 23.0. The van der Waals surface area contributed by atoms with Crippen molar-refractivity contribution in [3.05, 3.63) is 70.7 Å². The van der Waals surface area contributed by atoms with Gasteiger partial charge in [0.05, 0.1) is 24.0 Å². The van der Waals surface area contributed by atoms with Crippen LogP contribution in [0, 0.1) is 13.8 Å². The van der Waals surface area contributed by atoms with E-state index in [1.807, 2.05) is 44.0 Å². The minimum atomic E-state index is -0.953. The SMILES string of the molecule is Cc1ccc(C(=O)NC2=NC=C(c3cc(C4=NOC(C)(C)C4=O)ccc3C)N(C)C2)cn1. The van der Waals surface area contributed by atoms with Crippen molar-refractivity contribution < 1.29 is 14.4 Å². The van der Waals surface area contributed by atoms with Crippen LogP contribution in [0.25, 0.3) is 5.70 Å². The molecular formula is C24H25N5O3. The third-order valence-corrected chi connectivity index (χ3v) is 5.49. The summed E-state index contributed by atoms with van der Waals surface area (Å²) in [6.45, 7) is 7.70. The highest BCUT2D eigenvalue weighted by Crippen LogP contribution is 2.28. The molecule has 8 nitrogen and oxygen atoms in total. The van der Waals surface area contributed by atoms with Gasteiger partial charge in [-0.2, -0.15) is 0 Å². The largest absolute Gasteiger partial charge is 0.381 e. The standard InChI is InChI=1S/C24H25N5O3/c1-14-6-8-16(21-22(30)24(3,4)32-28-21)10-18(14)19-12-26-20(13-29(19)5)27-23(31)17-9-7-15(2)25-11-17/h6-12H,13H2,1-5H3,(H,26,27,31). The Morgan fingerprint density at radius 3 is 2.59 bits per heavy atom. The van der Waals surface area contributed by atoms with E-state index >= 15 is 0 Å². The number of Topliss-reactive ketones (excluding diaryl/α,β-unsaturated/α-hetero) is 1. The van der Waals surface area contributed by atoms with Crippen molar-refractivity contribution in [3.63, 3.8) is 0 Å². The van der Waals surface area contributed by atoms with E-state index in [9.17, 15) is 9.59 Å². The van der Waals surface area contributed by atoms with Crippen LogP contribution in [0.1, 0.15) is 46.6 Å². The van der Waals surface area contributed by atoms with Crippen LogP contribution in [0.2, 0.25) is 0 Å². The number of nitrogens with zero attached hydrogens (tertiary/aromatic N) is 4. The number of amidine groups is 1. The molecular weight excluding hydrogens is 406 g/mol. The highest BCUT2D eigenvalue weighted by molar-refractivity contribution is 6.49. The van der Waals surface area contributed by atoms with Crippen LogP contribution in [0.15, 0.2) is 52.9 Å². The van der Waals surface area contributed by atoms with Crippen LogP contribution >= 0.6 is 0 Å². The minimum absolute atomic E-state index is 0.146. The molecule has 0 bridgehead atoms. The molecule has 164 valence electrons. The van der Waals surface area contributed by atoms with Crippen LogP contribution in [-0.2, 0) is 9.63 Å². The first kappa shape index (κ1) is 21.4. The Bertz CT molecular complexity index is 1190. The smallest absolute Gasteiger partial charge is 0.258 e. The van der Waals surface area contributed by atoms with Crippen LogP contribution in [0.4, 0.5) is 0 Å². The summed E-state index contributed by atoms with van der Waals surface area (Å²) in [6.07, 6.45) is 3.27. The Balaban J connectivity index is 1.58. The zero-order valence-corrected chi connectivity index (χ0v) is 18.8. The maximum absolute atomic E-state index is 12.6. The lowest BCUT2D eigenvalue weighted by atomic mass is 9.93. The van der Waals surface area contributed by atoms with E-state index in [0.29, 0.717) is 29.2 Å². The van der Waals surface area contributed by atoms with E-state index in [2.05, 4.69) is 20.4 Å². The third kappa shape index (κ3) is 4.03. The molecule has 0 saturated carbocycles. The van der Waals surface area contributed by atoms with Gasteiger partial charge in [0.25, 0.3) is 5.91 Å². The predicted octanol–water partition coefficient (Wildman–Crippen LogP) is 2.85. The molecule has 1 amide bonds.